The largest absolute Gasteiger partial charge is 0.347 e. The summed E-state index contributed by atoms with van der Waals surface area (Å²) in [6.45, 7) is 1.45. The van der Waals surface area contributed by atoms with E-state index in [9.17, 15) is 14.8 Å². The molecule has 0 bridgehead atoms. The number of fused-ring (bicyclic) bond motifs is 1. The fourth-order valence-corrected chi connectivity index (χ4v) is 2.55. The molecule has 3 rings (SSSR count). The molecule has 2 aromatic rings. The Balaban J connectivity index is 2.01. The average Bonchev–Trinajstić information content (AvgIpc) is 2.50. The van der Waals surface area contributed by atoms with Crippen LogP contribution < -0.4 is 15.5 Å². The molecular formula is C15H11Cl2N3O3. The first kappa shape index (κ1) is 15.6. The number of benzene rings is 2. The number of amides is 2. The van der Waals surface area contributed by atoms with E-state index in [1.54, 1.807) is 24.3 Å². The number of ketones is 1. The number of Topliss-reactive ketones (excluding diaryl/α,β-unsaturated/α-hetero) is 1. The van der Waals surface area contributed by atoms with Crippen LogP contribution in [-0.4, -0.2) is 17.0 Å². The molecule has 2 aromatic carbocycles. The maximum absolute atomic E-state index is 12.3. The summed E-state index contributed by atoms with van der Waals surface area (Å²) in [5, 5.41) is 15.2. The number of carbonyl (C=O) groups excluding carboxylic acids is 2. The smallest absolute Gasteiger partial charge is 0.304 e. The summed E-state index contributed by atoms with van der Waals surface area (Å²) >= 11 is 11.9. The maximum atomic E-state index is 12.3. The zero-order valence-corrected chi connectivity index (χ0v) is 13.4. The molecular weight excluding hydrogens is 341 g/mol. The quantitative estimate of drug-likeness (QED) is 0.788. The molecule has 118 valence electrons. The van der Waals surface area contributed by atoms with E-state index in [1.807, 2.05) is 0 Å². The van der Waals surface area contributed by atoms with Crippen LogP contribution >= 0.6 is 23.2 Å². The van der Waals surface area contributed by atoms with Gasteiger partial charge in [0.1, 0.15) is 5.69 Å². The third-order valence-corrected chi connectivity index (χ3v) is 4.12. The van der Waals surface area contributed by atoms with E-state index in [1.165, 1.54) is 19.1 Å². The van der Waals surface area contributed by atoms with Gasteiger partial charge in [-0.1, -0.05) is 23.2 Å². The molecule has 0 saturated heterocycles. The van der Waals surface area contributed by atoms with Gasteiger partial charge in [0.05, 0.1) is 21.4 Å². The summed E-state index contributed by atoms with van der Waals surface area (Å²) < 4.78 is 0. The van der Waals surface area contributed by atoms with Crippen molar-refractivity contribution in [1.29, 1.82) is 0 Å². The Labute approximate surface area is 141 Å². The Kier molecular flexibility index (Phi) is 3.89. The summed E-state index contributed by atoms with van der Waals surface area (Å²) in [5.74, 6) is -0.0905. The Morgan fingerprint density at radius 3 is 2.35 bits per heavy atom. The number of nitrogens with zero attached hydrogens (tertiary/aromatic N) is 2. The van der Waals surface area contributed by atoms with Gasteiger partial charge in [-0.05, 0) is 43.3 Å². The van der Waals surface area contributed by atoms with Gasteiger partial charge in [0.2, 0.25) is 0 Å². The molecule has 23 heavy (non-hydrogen) atoms. The van der Waals surface area contributed by atoms with Gasteiger partial charge in [-0.2, -0.15) is 10.2 Å². The van der Waals surface area contributed by atoms with Gasteiger partial charge in [-0.15, -0.1) is 0 Å². The Hall–Kier alpha value is -2.28. The number of halogens is 2. The third kappa shape index (κ3) is 2.72. The van der Waals surface area contributed by atoms with Crippen molar-refractivity contribution in [3.63, 3.8) is 0 Å². The molecule has 2 amide bonds. The minimum atomic E-state index is -0.575. The highest BCUT2D eigenvalue weighted by molar-refractivity contribution is 6.42. The molecule has 1 heterocycles. The van der Waals surface area contributed by atoms with E-state index >= 15 is 0 Å². The summed E-state index contributed by atoms with van der Waals surface area (Å²) in [6, 6.07) is 8.58. The Morgan fingerprint density at radius 1 is 1.13 bits per heavy atom. The van der Waals surface area contributed by atoms with E-state index in [2.05, 4.69) is 5.32 Å². The van der Waals surface area contributed by atoms with Gasteiger partial charge in [0.25, 0.3) is 0 Å². The minimum Gasteiger partial charge on any atom is -0.304 e. The molecule has 0 spiro atoms. The van der Waals surface area contributed by atoms with E-state index < -0.39 is 6.03 Å². The zero-order chi connectivity index (χ0) is 16.7. The van der Waals surface area contributed by atoms with Gasteiger partial charge in [-0.3, -0.25) is 10.0 Å². The van der Waals surface area contributed by atoms with E-state index in [0.717, 1.165) is 5.01 Å². The average molecular weight is 352 g/mol. The first-order valence-corrected chi connectivity index (χ1v) is 7.34. The van der Waals surface area contributed by atoms with Gasteiger partial charge in [-0.25, -0.2) is 4.79 Å². The molecule has 6 nitrogen and oxygen atoms in total. The highest BCUT2D eigenvalue weighted by atomic mass is 35.5. The SMILES string of the molecule is CC(=O)c1ccc(N2C(=O)Nc3cc(Cl)c(Cl)cc3N2O)cc1. The number of hydrazine groups is 1. The van der Waals surface area contributed by atoms with Crippen molar-refractivity contribution in [3.05, 3.63) is 52.0 Å². The topological polar surface area (TPSA) is 72.9 Å². The summed E-state index contributed by atoms with van der Waals surface area (Å²) in [7, 11) is 0. The van der Waals surface area contributed by atoms with Crippen molar-refractivity contribution in [2.45, 2.75) is 6.92 Å². The number of nitrogens with one attached hydrogen (secondary N) is 1. The Bertz CT molecular complexity index is 808. The first-order valence-electron chi connectivity index (χ1n) is 6.58. The summed E-state index contributed by atoms with van der Waals surface area (Å²) in [6.07, 6.45) is 0. The highest BCUT2D eigenvalue weighted by Gasteiger charge is 2.31. The van der Waals surface area contributed by atoms with Crippen LogP contribution in [0.5, 0.6) is 0 Å². The van der Waals surface area contributed by atoms with Crippen molar-refractivity contribution in [1.82, 2.24) is 0 Å². The van der Waals surface area contributed by atoms with E-state index in [0.29, 0.717) is 22.1 Å². The van der Waals surface area contributed by atoms with Crippen molar-refractivity contribution in [2.24, 2.45) is 0 Å². The predicted octanol–water partition coefficient (Wildman–Crippen LogP) is 4.36. The second-order valence-electron chi connectivity index (χ2n) is 4.92. The Morgan fingerprint density at radius 2 is 1.74 bits per heavy atom. The second-order valence-corrected chi connectivity index (χ2v) is 5.73. The number of carbonyl (C=O) groups is 2. The standard InChI is InChI=1S/C15H11Cl2N3O3/c1-8(21)9-2-4-10(5-3-9)19-15(22)18-13-6-11(16)12(17)7-14(13)20(19)23/h2-7,23H,1H3,(H,18,22). The third-order valence-electron chi connectivity index (χ3n) is 3.40. The monoisotopic (exact) mass is 351 g/mol. The van der Waals surface area contributed by atoms with Gasteiger partial charge in [0.15, 0.2) is 5.78 Å². The molecule has 0 atom stereocenters. The molecule has 2 N–H and O–H groups in total. The fourth-order valence-electron chi connectivity index (χ4n) is 2.23. The molecule has 0 aromatic heterocycles. The number of urea groups is 1. The lowest BCUT2D eigenvalue weighted by atomic mass is 10.1. The molecule has 0 fully saturated rings. The van der Waals surface area contributed by atoms with Crippen LogP contribution in [0.25, 0.3) is 0 Å². The number of hydrogen-bond acceptors (Lipinski definition) is 4. The van der Waals surface area contributed by atoms with Gasteiger partial charge < -0.3 is 5.32 Å². The fraction of sp³-hybridized carbons (Fsp3) is 0.0667. The molecule has 0 saturated carbocycles. The molecule has 1 aliphatic heterocycles. The molecule has 8 heteroatoms. The van der Waals surface area contributed by atoms with Crippen molar-refractivity contribution in [3.8, 4) is 0 Å². The number of hydrogen-bond donors (Lipinski definition) is 2. The van der Waals surface area contributed by atoms with Crippen molar-refractivity contribution >= 4 is 52.1 Å². The van der Waals surface area contributed by atoms with Gasteiger partial charge in [0, 0.05) is 5.56 Å². The van der Waals surface area contributed by atoms with Crippen LogP contribution in [-0.2, 0) is 0 Å². The maximum Gasteiger partial charge on any atom is 0.347 e. The molecule has 0 aliphatic carbocycles. The van der Waals surface area contributed by atoms with Gasteiger partial charge >= 0.3 is 6.03 Å². The number of anilines is 3. The predicted molar refractivity (Wildman–Crippen MR) is 88.7 cm³/mol. The lowest BCUT2D eigenvalue weighted by molar-refractivity contribution is 0.101. The zero-order valence-electron chi connectivity index (χ0n) is 11.9. The first-order chi connectivity index (χ1) is 10.9. The van der Waals surface area contributed by atoms with Crippen LogP contribution in [0.4, 0.5) is 21.9 Å². The van der Waals surface area contributed by atoms with Crippen LogP contribution in [0.15, 0.2) is 36.4 Å². The lowest BCUT2D eigenvalue weighted by Crippen LogP contribution is -2.51. The van der Waals surface area contributed by atoms with Crippen LogP contribution in [0.1, 0.15) is 17.3 Å². The normalized spacial score (nSPS) is 13.7. The van der Waals surface area contributed by atoms with Crippen molar-refractivity contribution in [2.75, 3.05) is 15.5 Å². The van der Waals surface area contributed by atoms with Crippen LogP contribution in [0, 0.1) is 0 Å². The lowest BCUT2D eigenvalue weighted by Gasteiger charge is -2.36. The molecule has 0 radical (unpaired) electrons. The highest BCUT2D eigenvalue weighted by Crippen LogP contribution is 2.38. The molecule has 1 aliphatic rings. The summed E-state index contributed by atoms with van der Waals surface area (Å²) in [5.41, 5.74) is 1.50. The van der Waals surface area contributed by atoms with Crippen LogP contribution in [0.3, 0.4) is 0 Å². The van der Waals surface area contributed by atoms with Crippen molar-refractivity contribution < 1.29 is 14.8 Å². The van der Waals surface area contributed by atoms with E-state index in [4.69, 9.17) is 23.2 Å². The van der Waals surface area contributed by atoms with Crippen LogP contribution in [0.2, 0.25) is 10.0 Å². The second kappa shape index (κ2) is 5.73. The minimum absolute atomic E-state index is 0.0905. The number of rotatable bonds is 2. The molecule has 0 unspecified atom stereocenters. The summed E-state index contributed by atoms with van der Waals surface area (Å²) in [4.78, 5) is 23.6. The van der Waals surface area contributed by atoms with E-state index in [-0.39, 0.29) is 21.5 Å².